The van der Waals surface area contributed by atoms with Gasteiger partial charge in [-0.15, -0.1) is 0 Å². The summed E-state index contributed by atoms with van der Waals surface area (Å²) >= 11 is -0.271. The number of pyridine rings is 1. The Balaban J connectivity index is 1.53. The molecule has 8 nitrogen and oxygen atoms in total. The molecule has 0 unspecified atom stereocenters. The van der Waals surface area contributed by atoms with Gasteiger partial charge < -0.3 is 5.11 Å². The van der Waals surface area contributed by atoms with E-state index in [2.05, 4.69) is 15.8 Å². The maximum atomic E-state index is 12.9. The van der Waals surface area contributed by atoms with Crippen LogP contribution in [0.2, 0.25) is 0 Å². The van der Waals surface area contributed by atoms with E-state index in [0.717, 1.165) is 4.57 Å². The van der Waals surface area contributed by atoms with E-state index in [1.54, 1.807) is 36.4 Å². The summed E-state index contributed by atoms with van der Waals surface area (Å²) < 4.78 is 39.9. The topological polar surface area (TPSA) is 101 Å². The van der Waals surface area contributed by atoms with Crippen LogP contribution in [0.1, 0.15) is 15.9 Å². The van der Waals surface area contributed by atoms with E-state index in [9.17, 15) is 27.9 Å². The number of benzene rings is 2. The SMILES string of the molecule is O=C(NNc1cnccc1Cn1cc(O)n(-c2ccc(SC(F)(F)F)cc2)c1=O)c1ccccc1. The highest BCUT2D eigenvalue weighted by Gasteiger charge is 2.29. The molecular weight excluding hydrogens is 483 g/mol. The zero-order chi connectivity index (χ0) is 25.0. The van der Waals surface area contributed by atoms with Gasteiger partial charge in [-0.05, 0) is 54.2 Å². The molecule has 0 aliphatic rings. The average molecular weight is 501 g/mol. The molecule has 2 heterocycles. The molecule has 0 saturated carbocycles. The minimum Gasteiger partial charge on any atom is -0.493 e. The van der Waals surface area contributed by atoms with Gasteiger partial charge in [-0.1, -0.05) is 18.2 Å². The van der Waals surface area contributed by atoms with Crippen LogP contribution in [0.3, 0.4) is 0 Å². The summed E-state index contributed by atoms with van der Waals surface area (Å²) in [7, 11) is 0. The number of aromatic hydroxyl groups is 1. The Hall–Kier alpha value is -4.19. The first-order valence-corrected chi connectivity index (χ1v) is 10.9. The lowest BCUT2D eigenvalue weighted by Crippen LogP contribution is -2.30. The molecule has 1 amide bonds. The molecule has 0 aliphatic carbocycles. The van der Waals surface area contributed by atoms with Gasteiger partial charge in [0.1, 0.15) is 0 Å². The smallest absolute Gasteiger partial charge is 0.446 e. The molecular formula is C23H18F3N5O3S. The van der Waals surface area contributed by atoms with E-state index >= 15 is 0 Å². The number of carbonyl (C=O) groups excluding carboxylic acids is 1. The zero-order valence-electron chi connectivity index (χ0n) is 17.9. The summed E-state index contributed by atoms with van der Waals surface area (Å²) in [5, 5.41) is 10.3. The second-order valence-corrected chi connectivity index (χ2v) is 8.39. The van der Waals surface area contributed by atoms with E-state index in [1.807, 2.05) is 0 Å². The van der Waals surface area contributed by atoms with Crippen LogP contribution in [0.5, 0.6) is 5.88 Å². The van der Waals surface area contributed by atoms with Gasteiger partial charge in [0, 0.05) is 22.2 Å². The average Bonchev–Trinajstić information content (AvgIpc) is 3.11. The number of hydrazine groups is 1. The quantitative estimate of drug-likeness (QED) is 0.260. The number of alkyl halides is 3. The number of thioether (sulfide) groups is 1. The van der Waals surface area contributed by atoms with Crippen molar-refractivity contribution in [1.29, 1.82) is 0 Å². The van der Waals surface area contributed by atoms with Gasteiger partial charge in [0.2, 0.25) is 5.88 Å². The third-order valence-corrected chi connectivity index (χ3v) is 5.60. The number of aromatic nitrogens is 3. The Kier molecular flexibility index (Phi) is 6.82. The summed E-state index contributed by atoms with van der Waals surface area (Å²) in [5.74, 6) is -0.749. The first kappa shape index (κ1) is 24.0. The van der Waals surface area contributed by atoms with Crippen LogP contribution in [0.15, 0.2) is 88.9 Å². The molecule has 0 aliphatic heterocycles. The van der Waals surface area contributed by atoms with E-state index in [0.29, 0.717) is 16.8 Å². The summed E-state index contributed by atoms with van der Waals surface area (Å²) in [5.41, 5.74) is 2.00. The van der Waals surface area contributed by atoms with Crippen molar-refractivity contribution in [1.82, 2.24) is 19.5 Å². The number of imidazole rings is 1. The molecule has 0 spiro atoms. The van der Waals surface area contributed by atoms with Gasteiger partial charge in [0.25, 0.3) is 5.91 Å². The molecule has 35 heavy (non-hydrogen) atoms. The van der Waals surface area contributed by atoms with Crippen LogP contribution in [0.25, 0.3) is 5.69 Å². The second kappa shape index (κ2) is 9.97. The largest absolute Gasteiger partial charge is 0.493 e. The summed E-state index contributed by atoms with van der Waals surface area (Å²) in [6, 6.07) is 15.3. The molecule has 12 heteroatoms. The number of halogens is 3. The van der Waals surface area contributed by atoms with Crippen molar-refractivity contribution >= 4 is 23.4 Å². The Morgan fingerprint density at radius 1 is 1.06 bits per heavy atom. The van der Waals surface area contributed by atoms with Crippen LogP contribution in [0.4, 0.5) is 18.9 Å². The number of carbonyl (C=O) groups is 1. The fourth-order valence-electron chi connectivity index (χ4n) is 3.27. The van der Waals surface area contributed by atoms with E-state index in [1.165, 1.54) is 47.4 Å². The number of amides is 1. The summed E-state index contributed by atoms with van der Waals surface area (Å²) in [4.78, 5) is 29.2. The number of rotatable bonds is 7. The summed E-state index contributed by atoms with van der Waals surface area (Å²) in [6.07, 6.45) is 4.20. The van der Waals surface area contributed by atoms with E-state index < -0.39 is 11.2 Å². The van der Waals surface area contributed by atoms with E-state index in [-0.39, 0.29) is 40.7 Å². The van der Waals surface area contributed by atoms with E-state index in [4.69, 9.17) is 0 Å². The van der Waals surface area contributed by atoms with Gasteiger partial charge >= 0.3 is 11.2 Å². The first-order valence-electron chi connectivity index (χ1n) is 10.1. The Labute approximate surface area is 201 Å². The van der Waals surface area contributed by atoms with Crippen LogP contribution < -0.4 is 16.5 Å². The molecule has 0 bridgehead atoms. The third-order valence-electron chi connectivity index (χ3n) is 4.86. The molecule has 4 aromatic rings. The fraction of sp³-hybridized carbons (Fsp3) is 0.0870. The highest BCUT2D eigenvalue weighted by atomic mass is 32.2. The molecule has 0 atom stereocenters. The maximum Gasteiger partial charge on any atom is 0.446 e. The zero-order valence-corrected chi connectivity index (χ0v) is 18.7. The van der Waals surface area contributed by atoms with Crippen molar-refractivity contribution in [3.63, 3.8) is 0 Å². The lowest BCUT2D eigenvalue weighted by molar-refractivity contribution is -0.0328. The normalized spacial score (nSPS) is 11.3. The van der Waals surface area contributed by atoms with Gasteiger partial charge in [0.15, 0.2) is 0 Å². The Bertz CT molecular complexity index is 1390. The van der Waals surface area contributed by atoms with Crippen molar-refractivity contribution < 1.29 is 23.1 Å². The van der Waals surface area contributed by atoms with Gasteiger partial charge in [-0.2, -0.15) is 13.2 Å². The van der Waals surface area contributed by atoms with Gasteiger partial charge in [-0.3, -0.25) is 25.2 Å². The second-order valence-electron chi connectivity index (χ2n) is 7.25. The molecule has 2 aromatic carbocycles. The molecule has 0 saturated heterocycles. The standard InChI is InChI=1S/C23H18F3N5O3S/c24-23(25,26)35-18-8-6-17(7-9-18)31-20(32)14-30(22(31)34)13-16-10-11-27-12-19(16)28-29-21(33)15-4-2-1-3-5-15/h1-12,14,28,32H,13H2,(H,29,33). The van der Waals surface area contributed by atoms with Crippen LogP contribution in [-0.2, 0) is 6.54 Å². The minimum atomic E-state index is -4.43. The molecule has 0 radical (unpaired) electrons. The third kappa shape index (κ3) is 5.84. The predicted molar refractivity (Wildman–Crippen MR) is 124 cm³/mol. The monoisotopic (exact) mass is 501 g/mol. The van der Waals surface area contributed by atoms with Crippen LogP contribution in [-0.4, -0.2) is 30.6 Å². The lowest BCUT2D eigenvalue weighted by Gasteiger charge is -2.12. The lowest BCUT2D eigenvalue weighted by atomic mass is 10.2. The summed E-state index contributed by atoms with van der Waals surface area (Å²) in [6.45, 7) is 0.0213. The Morgan fingerprint density at radius 3 is 2.46 bits per heavy atom. The maximum absolute atomic E-state index is 12.9. The molecule has 3 N–H and O–H groups in total. The Morgan fingerprint density at radius 2 is 1.77 bits per heavy atom. The minimum absolute atomic E-state index is 0.0213. The van der Waals surface area contributed by atoms with Crippen molar-refractivity contribution in [3.8, 4) is 11.6 Å². The van der Waals surface area contributed by atoms with Gasteiger partial charge in [0.05, 0.1) is 30.3 Å². The highest BCUT2D eigenvalue weighted by Crippen LogP contribution is 2.37. The molecule has 0 fully saturated rings. The van der Waals surface area contributed by atoms with Crippen molar-refractivity contribution in [2.75, 3.05) is 5.43 Å². The van der Waals surface area contributed by atoms with Crippen molar-refractivity contribution in [2.24, 2.45) is 0 Å². The van der Waals surface area contributed by atoms with Crippen LogP contribution in [0, 0.1) is 0 Å². The number of anilines is 1. The van der Waals surface area contributed by atoms with Crippen molar-refractivity contribution in [3.05, 3.63) is 101 Å². The van der Waals surface area contributed by atoms with Crippen LogP contribution >= 0.6 is 11.8 Å². The van der Waals surface area contributed by atoms with Crippen molar-refractivity contribution in [2.45, 2.75) is 16.9 Å². The number of nitrogens with one attached hydrogen (secondary N) is 2. The first-order chi connectivity index (χ1) is 16.7. The number of hydrogen-bond donors (Lipinski definition) is 3. The number of nitrogens with zero attached hydrogens (tertiary/aromatic N) is 3. The van der Waals surface area contributed by atoms with Gasteiger partial charge in [-0.25, -0.2) is 9.36 Å². The predicted octanol–water partition coefficient (Wildman–Crippen LogP) is 4.16. The highest BCUT2D eigenvalue weighted by molar-refractivity contribution is 8.00. The number of hydrogen-bond acceptors (Lipinski definition) is 6. The fourth-order valence-corrected chi connectivity index (χ4v) is 3.81. The molecule has 4 rings (SSSR count). The molecule has 2 aromatic heterocycles. The molecule has 180 valence electrons.